The van der Waals surface area contributed by atoms with Crippen LogP contribution < -0.4 is 15.8 Å². The number of nitrogens with two attached hydrogens (primary N) is 2. The molecule has 1 aromatic heterocycles. The Kier molecular flexibility index (Phi) is 8.70. The number of hydrogen-bond acceptors (Lipinski definition) is 8. The Balaban J connectivity index is 2.91. The summed E-state index contributed by atoms with van der Waals surface area (Å²) in [5, 5.41) is 3.95. The van der Waals surface area contributed by atoms with Gasteiger partial charge in [-0.3, -0.25) is 0 Å². The zero-order valence-electron chi connectivity index (χ0n) is 11.7. The van der Waals surface area contributed by atoms with Gasteiger partial charge in [0.2, 0.25) is 0 Å². The Hall–Kier alpha value is 0.298. The number of rotatable bonds is 10. The van der Waals surface area contributed by atoms with Crippen LogP contribution >= 0.6 is 20.0 Å². The first-order valence-corrected chi connectivity index (χ1v) is 15.3. The second-order valence-electron chi connectivity index (χ2n) is 4.07. The van der Waals surface area contributed by atoms with Crippen LogP contribution in [0.3, 0.4) is 0 Å². The van der Waals surface area contributed by atoms with Crippen LogP contribution in [0.15, 0.2) is 4.52 Å². The van der Waals surface area contributed by atoms with E-state index in [1.54, 1.807) is 20.0 Å². The summed E-state index contributed by atoms with van der Waals surface area (Å²) in [6, 6.07) is 0. The van der Waals surface area contributed by atoms with Gasteiger partial charge in [0.05, 0.1) is 0 Å². The van der Waals surface area contributed by atoms with Crippen molar-refractivity contribution in [3.8, 4) is 0 Å². The summed E-state index contributed by atoms with van der Waals surface area (Å²) in [4.78, 5) is 0. The van der Waals surface area contributed by atoms with E-state index in [2.05, 4.69) is 5.16 Å². The van der Waals surface area contributed by atoms with Crippen molar-refractivity contribution in [1.82, 2.24) is 5.16 Å². The molecule has 0 atom stereocenters. The SMILES string of the molecule is Cc1onc(CCS(=O)(=O)O)c1[As](SCCN)SCCN. The molecule has 0 radical (unpaired) electrons. The van der Waals surface area contributed by atoms with Crippen molar-refractivity contribution in [1.29, 1.82) is 0 Å². The molecule has 0 spiro atoms. The molecule has 1 rings (SSSR count). The Bertz CT molecular complexity index is 530. The van der Waals surface area contributed by atoms with Gasteiger partial charge in [-0.25, -0.2) is 0 Å². The van der Waals surface area contributed by atoms with Crippen molar-refractivity contribution in [2.75, 3.05) is 30.3 Å². The normalized spacial score (nSPS) is 12.2. The van der Waals surface area contributed by atoms with Crippen molar-refractivity contribution in [3.63, 3.8) is 0 Å². The Morgan fingerprint density at radius 3 is 2.33 bits per heavy atom. The minimum absolute atomic E-state index is 0.156. The molecular weight excluding hydrogens is 397 g/mol. The summed E-state index contributed by atoms with van der Waals surface area (Å²) in [7, 11) is -0.414. The molecular formula is C10H20AsN3O4S3. The number of hydrogen-bond donors (Lipinski definition) is 3. The molecule has 5 N–H and O–H groups in total. The summed E-state index contributed by atoms with van der Waals surface area (Å²) < 4.78 is 36.9. The molecule has 7 nitrogen and oxygen atoms in total. The fraction of sp³-hybridized carbons (Fsp3) is 0.700. The molecule has 21 heavy (non-hydrogen) atoms. The van der Waals surface area contributed by atoms with Gasteiger partial charge in [-0.15, -0.1) is 0 Å². The van der Waals surface area contributed by atoms with Crippen LogP contribution in [0.4, 0.5) is 0 Å². The first kappa shape index (κ1) is 19.3. The molecule has 0 saturated heterocycles. The van der Waals surface area contributed by atoms with Gasteiger partial charge >= 0.3 is 136 Å². The third-order valence-electron chi connectivity index (χ3n) is 2.33. The zero-order valence-corrected chi connectivity index (χ0v) is 16.0. The predicted molar refractivity (Wildman–Crippen MR) is 89.8 cm³/mol. The van der Waals surface area contributed by atoms with Gasteiger partial charge in [0.15, 0.2) is 0 Å². The number of aryl methyl sites for hydroxylation is 2. The number of nitrogens with zero attached hydrogens (tertiary/aromatic N) is 1. The average Bonchev–Trinajstić information content (AvgIpc) is 2.77. The van der Waals surface area contributed by atoms with E-state index < -0.39 is 22.5 Å². The summed E-state index contributed by atoms with van der Waals surface area (Å²) in [6.07, 6.45) is 0.156. The summed E-state index contributed by atoms with van der Waals surface area (Å²) in [6.45, 7) is 3.00. The van der Waals surface area contributed by atoms with Crippen molar-refractivity contribution in [2.24, 2.45) is 11.5 Å². The molecule has 0 fully saturated rings. The predicted octanol–water partition coefficient (Wildman–Crippen LogP) is -0.508. The first-order chi connectivity index (χ1) is 9.89. The van der Waals surface area contributed by atoms with E-state index in [1.165, 1.54) is 0 Å². The summed E-state index contributed by atoms with van der Waals surface area (Å²) in [5.74, 6) is 2.03. The third-order valence-corrected chi connectivity index (χ3v) is 16.8. The van der Waals surface area contributed by atoms with Crippen molar-refractivity contribution >= 4 is 46.9 Å². The number of aromatic nitrogens is 1. The average molecular weight is 417 g/mol. The van der Waals surface area contributed by atoms with Crippen molar-refractivity contribution < 1.29 is 17.5 Å². The van der Waals surface area contributed by atoms with Gasteiger partial charge in [-0.2, -0.15) is 0 Å². The molecule has 0 aliphatic rings. The quantitative estimate of drug-likeness (QED) is 0.340. The van der Waals surface area contributed by atoms with Gasteiger partial charge in [-0.1, -0.05) is 0 Å². The maximum atomic E-state index is 10.9. The molecule has 122 valence electrons. The fourth-order valence-electron chi connectivity index (χ4n) is 1.47. The second kappa shape index (κ2) is 9.44. The van der Waals surface area contributed by atoms with E-state index in [9.17, 15) is 8.42 Å². The topological polar surface area (TPSA) is 132 Å². The molecule has 0 amide bonds. The molecule has 0 aliphatic heterocycles. The van der Waals surface area contributed by atoms with Gasteiger partial charge in [-0.05, 0) is 0 Å². The molecule has 1 aromatic rings. The fourth-order valence-corrected chi connectivity index (χ4v) is 15.6. The Morgan fingerprint density at radius 1 is 1.29 bits per heavy atom. The van der Waals surface area contributed by atoms with Gasteiger partial charge in [0.1, 0.15) is 0 Å². The summed E-state index contributed by atoms with van der Waals surface area (Å²) >= 11 is -1.58. The van der Waals surface area contributed by atoms with Gasteiger partial charge in [0.25, 0.3) is 0 Å². The van der Waals surface area contributed by atoms with Crippen LogP contribution in [0.25, 0.3) is 0 Å². The molecule has 11 heteroatoms. The van der Waals surface area contributed by atoms with E-state index in [1.807, 2.05) is 6.92 Å². The van der Waals surface area contributed by atoms with E-state index in [4.69, 9.17) is 20.5 Å². The molecule has 0 aliphatic carbocycles. The minimum atomic E-state index is -4.01. The molecule has 0 bridgehead atoms. The molecule has 0 unspecified atom stereocenters. The summed E-state index contributed by atoms with van der Waals surface area (Å²) in [5.41, 5.74) is 11.8. The van der Waals surface area contributed by atoms with Gasteiger partial charge < -0.3 is 0 Å². The Labute approximate surface area is 135 Å². The molecule has 0 aromatic carbocycles. The van der Waals surface area contributed by atoms with E-state index in [0.29, 0.717) is 18.8 Å². The van der Waals surface area contributed by atoms with Crippen LogP contribution in [0.1, 0.15) is 11.5 Å². The van der Waals surface area contributed by atoms with E-state index in [0.717, 1.165) is 21.6 Å². The zero-order chi connectivity index (χ0) is 15.9. The monoisotopic (exact) mass is 417 g/mol. The first-order valence-electron chi connectivity index (χ1n) is 6.25. The van der Waals surface area contributed by atoms with Crippen molar-refractivity contribution in [2.45, 2.75) is 13.3 Å². The molecule has 1 heterocycles. The third kappa shape index (κ3) is 6.94. The van der Waals surface area contributed by atoms with Crippen LogP contribution in [0.5, 0.6) is 0 Å². The van der Waals surface area contributed by atoms with E-state index in [-0.39, 0.29) is 12.2 Å². The standard InChI is InChI=1S/C10H20AsN3O4S3/c1-8-10(11(19-5-3-12)20-6-4-13)9(14-18-8)2-7-21(15,16)17/h2-7,12-13H2,1H3,(H,15,16,17). The van der Waals surface area contributed by atoms with E-state index >= 15 is 0 Å². The Morgan fingerprint density at radius 2 is 1.86 bits per heavy atom. The van der Waals surface area contributed by atoms with Crippen LogP contribution in [-0.4, -0.2) is 60.8 Å². The van der Waals surface area contributed by atoms with Crippen LogP contribution in [0.2, 0.25) is 0 Å². The maximum absolute atomic E-state index is 10.9. The van der Waals surface area contributed by atoms with Crippen LogP contribution in [0, 0.1) is 6.92 Å². The second-order valence-corrected chi connectivity index (χ2v) is 17.2. The van der Waals surface area contributed by atoms with Gasteiger partial charge in [0, 0.05) is 0 Å². The van der Waals surface area contributed by atoms with Crippen molar-refractivity contribution in [3.05, 3.63) is 11.5 Å². The molecule has 0 saturated carbocycles. The van der Waals surface area contributed by atoms with Crippen LogP contribution in [-0.2, 0) is 16.5 Å².